The van der Waals surface area contributed by atoms with Gasteiger partial charge >= 0.3 is 0 Å². The smallest absolute Gasteiger partial charge is 0.220 e. The largest absolute Gasteiger partial charge is 0.356 e. The Bertz CT molecular complexity index is 188. The van der Waals surface area contributed by atoms with E-state index in [0.717, 1.165) is 26.1 Å². The number of carbonyl (C=O) groups is 1. The van der Waals surface area contributed by atoms with Crippen LogP contribution in [0.15, 0.2) is 0 Å². The predicted molar refractivity (Wildman–Crippen MR) is 67.4 cm³/mol. The lowest BCUT2D eigenvalue weighted by Gasteiger charge is -2.22. The highest BCUT2D eigenvalue weighted by Crippen LogP contribution is 2.10. The van der Waals surface area contributed by atoms with E-state index in [9.17, 15) is 4.79 Å². The van der Waals surface area contributed by atoms with Crippen LogP contribution in [0.5, 0.6) is 0 Å². The fourth-order valence-electron chi connectivity index (χ4n) is 2.14. The lowest BCUT2D eigenvalue weighted by atomic mass is 9.98. The summed E-state index contributed by atoms with van der Waals surface area (Å²) < 4.78 is 0. The second-order valence-electron chi connectivity index (χ2n) is 4.81. The van der Waals surface area contributed by atoms with E-state index in [1.165, 1.54) is 32.1 Å². The summed E-state index contributed by atoms with van der Waals surface area (Å²) in [6.45, 7) is 5.29. The third-order valence-electron chi connectivity index (χ3n) is 3.30. The second-order valence-corrected chi connectivity index (χ2v) is 4.81. The number of carbonyl (C=O) groups excluding carboxylic acids is 1. The number of rotatable bonds is 7. The van der Waals surface area contributed by atoms with E-state index >= 15 is 0 Å². The van der Waals surface area contributed by atoms with E-state index in [-0.39, 0.29) is 5.91 Å². The Morgan fingerprint density at radius 1 is 1.25 bits per heavy atom. The molecule has 0 unspecified atom stereocenters. The summed E-state index contributed by atoms with van der Waals surface area (Å²) in [5, 5.41) is 6.40. The van der Waals surface area contributed by atoms with Gasteiger partial charge in [-0.05, 0) is 38.3 Å². The van der Waals surface area contributed by atoms with Gasteiger partial charge in [-0.1, -0.05) is 26.2 Å². The Hall–Kier alpha value is -0.570. The Balaban J connectivity index is 1.96. The molecule has 1 fully saturated rings. The molecule has 1 rings (SSSR count). The van der Waals surface area contributed by atoms with Crippen LogP contribution in [-0.4, -0.2) is 25.5 Å². The summed E-state index contributed by atoms with van der Waals surface area (Å²) >= 11 is 0. The molecule has 0 saturated carbocycles. The second kappa shape index (κ2) is 8.57. The highest BCUT2D eigenvalue weighted by Gasteiger charge is 2.13. The van der Waals surface area contributed by atoms with Crippen molar-refractivity contribution in [3.8, 4) is 0 Å². The molecule has 1 amide bonds. The molecule has 0 aliphatic carbocycles. The zero-order valence-corrected chi connectivity index (χ0v) is 10.6. The Morgan fingerprint density at radius 3 is 2.69 bits per heavy atom. The lowest BCUT2D eigenvalue weighted by molar-refractivity contribution is -0.121. The van der Waals surface area contributed by atoms with Gasteiger partial charge in [-0.25, -0.2) is 0 Å². The van der Waals surface area contributed by atoms with E-state index in [2.05, 4.69) is 17.6 Å². The van der Waals surface area contributed by atoms with Crippen LogP contribution in [0.4, 0.5) is 0 Å². The SMILES string of the molecule is CCCCCCC(=O)NCC1CCNCC1. The first-order valence-electron chi connectivity index (χ1n) is 6.80. The minimum Gasteiger partial charge on any atom is -0.356 e. The van der Waals surface area contributed by atoms with Gasteiger partial charge in [0.25, 0.3) is 0 Å². The van der Waals surface area contributed by atoms with Crippen LogP contribution in [0.2, 0.25) is 0 Å². The summed E-state index contributed by atoms with van der Waals surface area (Å²) in [6.07, 6.45) is 7.85. The third-order valence-corrected chi connectivity index (χ3v) is 3.30. The van der Waals surface area contributed by atoms with Crippen molar-refractivity contribution >= 4 is 5.91 Å². The van der Waals surface area contributed by atoms with Crippen molar-refractivity contribution in [1.82, 2.24) is 10.6 Å². The maximum Gasteiger partial charge on any atom is 0.220 e. The van der Waals surface area contributed by atoms with Gasteiger partial charge in [-0.3, -0.25) is 4.79 Å². The first-order valence-corrected chi connectivity index (χ1v) is 6.80. The van der Waals surface area contributed by atoms with E-state index in [1.54, 1.807) is 0 Å². The Morgan fingerprint density at radius 2 is 2.00 bits per heavy atom. The van der Waals surface area contributed by atoms with Crippen molar-refractivity contribution in [2.45, 2.75) is 51.9 Å². The summed E-state index contributed by atoms with van der Waals surface area (Å²) in [6, 6.07) is 0. The first-order chi connectivity index (χ1) is 7.83. The fourth-order valence-corrected chi connectivity index (χ4v) is 2.14. The molecule has 0 bridgehead atoms. The van der Waals surface area contributed by atoms with E-state index < -0.39 is 0 Å². The molecule has 0 aromatic carbocycles. The van der Waals surface area contributed by atoms with Crippen molar-refractivity contribution in [2.75, 3.05) is 19.6 Å². The average Bonchev–Trinajstić information content (AvgIpc) is 2.33. The molecule has 16 heavy (non-hydrogen) atoms. The molecule has 94 valence electrons. The van der Waals surface area contributed by atoms with Gasteiger partial charge in [-0.15, -0.1) is 0 Å². The van der Waals surface area contributed by atoms with Crippen LogP contribution >= 0.6 is 0 Å². The summed E-state index contributed by atoms with van der Waals surface area (Å²) in [7, 11) is 0. The Labute approximate surface area is 99.4 Å². The highest BCUT2D eigenvalue weighted by molar-refractivity contribution is 5.75. The van der Waals surface area contributed by atoms with E-state index in [1.807, 2.05) is 0 Å². The van der Waals surface area contributed by atoms with Crippen LogP contribution in [0.3, 0.4) is 0 Å². The molecular formula is C13H26N2O. The highest BCUT2D eigenvalue weighted by atomic mass is 16.1. The summed E-state index contributed by atoms with van der Waals surface area (Å²) in [4.78, 5) is 11.5. The number of unbranched alkanes of at least 4 members (excludes halogenated alkanes) is 3. The van der Waals surface area contributed by atoms with Crippen LogP contribution in [0.25, 0.3) is 0 Å². The van der Waals surface area contributed by atoms with Crippen LogP contribution < -0.4 is 10.6 Å². The van der Waals surface area contributed by atoms with Crippen molar-refractivity contribution < 1.29 is 4.79 Å². The van der Waals surface area contributed by atoms with Crippen molar-refractivity contribution in [2.24, 2.45) is 5.92 Å². The first kappa shape index (κ1) is 13.5. The fraction of sp³-hybridized carbons (Fsp3) is 0.923. The zero-order valence-electron chi connectivity index (χ0n) is 10.6. The number of hydrogen-bond acceptors (Lipinski definition) is 2. The maximum absolute atomic E-state index is 11.5. The number of amides is 1. The molecule has 1 saturated heterocycles. The predicted octanol–water partition coefficient (Wildman–Crippen LogP) is 2.07. The quantitative estimate of drug-likeness (QED) is 0.653. The zero-order chi connectivity index (χ0) is 11.6. The minimum atomic E-state index is 0.245. The van der Waals surface area contributed by atoms with Gasteiger partial charge in [0.05, 0.1) is 0 Å². The van der Waals surface area contributed by atoms with Crippen LogP contribution in [-0.2, 0) is 4.79 Å². The van der Waals surface area contributed by atoms with Crippen molar-refractivity contribution in [3.05, 3.63) is 0 Å². The standard InChI is InChI=1S/C13H26N2O/c1-2-3-4-5-6-13(16)15-11-12-7-9-14-10-8-12/h12,14H,2-11H2,1H3,(H,15,16). The van der Waals surface area contributed by atoms with Crippen LogP contribution in [0.1, 0.15) is 51.9 Å². The molecule has 1 heterocycles. The molecule has 0 aromatic heterocycles. The maximum atomic E-state index is 11.5. The monoisotopic (exact) mass is 226 g/mol. The molecular weight excluding hydrogens is 200 g/mol. The van der Waals surface area contributed by atoms with Gasteiger partial charge < -0.3 is 10.6 Å². The topological polar surface area (TPSA) is 41.1 Å². The molecule has 1 aliphatic heterocycles. The third kappa shape index (κ3) is 6.11. The van der Waals surface area contributed by atoms with Crippen molar-refractivity contribution in [1.29, 1.82) is 0 Å². The molecule has 0 atom stereocenters. The number of piperidine rings is 1. The number of nitrogens with one attached hydrogen (secondary N) is 2. The van der Waals surface area contributed by atoms with Crippen LogP contribution in [0, 0.1) is 5.92 Å². The van der Waals surface area contributed by atoms with Gasteiger partial charge in [0, 0.05) is 13.0 Å². The molecule has 3 heteroatoms. The van der Waals surface area contributed by atoms with Gasteiger partial charge in [-0.2, -0.15) is 0 Å². The number of hydrogen-bond donors (Lipinski definition) is 2. The van der Waals surface area contributed by atoms with E-state index in [4.69, 9.17) is 0 Å². The molecule has 0 spiro atoms. The summed E-state index contributed by atoms with van der Waals surface area (Å²) in [5.41, 5.74) is 0. The lowest BCUT2D eigenvalue weighted by Crippen LogP contribution is -2.35. The van der Waals surface area contributed by atoms with Gasteiger partial charge in [0.2, 0.25) is 5.91 Å². The van der Waals surface area contributed by atoms with E-state index in [0.29, 0.717) is 12.3 Å². The molecule has 0 radical (unpaired) electrons. The molecule has 3 nitrogen and oxygen atoms in total. The molecule has 0 aromatic rings. The Kier molecular flexibility index (Phi) is 7.23. The minimum absolute atomic E-state index is 0.245. The van der Waals surface area contributed by atoms with Crippen molar-refractivity contribution in [3.63, 3.8) is 0 Å². The normalized spacial score (nSPS) is 17.3. The van der Waals surface area contributed by atoms with Gasteiger partial charge in [0.15, 0.2) is 0 Å². The molecule has 1 aliphatic rings. The van der Waals surface area contributed by atoms with Gasteiger partial charge in [0.1, 0.15) is 0 Å². The molecule has 2 N–H and O–H groups in total. The summed E-state index contributed by atoms with van der Waals surface area (Å²) in [5.74, 6) is 0.940. The average molecular weight is 226 g/mol.